The van der Waals surface area contributed by atoms with Gasteiger partial charge in [0.15, 0.2) is 0 Å². The summed E-state index contributed by atoms with van der Waals surface area (Å²) in [5, 5.41) is 3.77. The van der Waals surface area contributed by atoms with Crippen molar-refractivity contribution in [1.29, 1.82) is 0 Å². The molecule has 0 aliphatic rings. The lowest BCUT2D eigenvalue weighted by molar-refractivity contribution is 0.617. The van der Waals surface area contributed by atoms with Crippen molar-refractivity contribution in [1.82, 2.24) is 9.55 Å². The molecule has 0 radical (unpaired) electrons. The topological polar surface area (TPSA) is 66.6 Å². The van der Waals surface area contributed by atoms with E-state index in [0.717, 1.165) is 22.2 Å². The molecule has 0 saturated heterocycles. The molecule has 0 fully saturated rings. The fourth-order valence-electron chi connectivity index (χ4n) is 1.95. The Balaban J connectivity index is 2.88. The van der Waals surface area contributed by atoms with Crippen LogP contribution in [-0.2, 0) is 0 Å². The van der Waals surface area contributed by atoms with Crippen molar-refractivity contribution in [3.8, 4) is 0 Å². The van der Waals surface area contributed by atoms with Gasteiger partial charge in [0.25, 0.3) is 0 Å². The summed E-state index contributed by atoms with van der Waals surface area (Å²) in [6.07, 6.45) is 1.80. The number of benzene rings is 1. The number of aryl methyl sites for hydroxylation is 1. The zero-order valence-corrected chi connectivity index (χ0v) is 10.5. The first-order chi connectivity index (χ1) is 8.06. The molecule has 0 aliphatic carbocycles. The van der Waals surface area contributed by atoms with Crippen molar-refractivity contribution in [2.75, 3.05) is 0 Å². The first kappa shape index (κ1) is 11.5. The van der Waals surface area contributed by atoms with E-state index >= 15 is 0 Å². The predicted molar refractivity (Wildman–Crippen MR) is 68.4 cm³/mol. The zero-order valence-electron chi connectivity index (χ0n) is 10.5. The first-order valence-electron chi connectivity index (χ1n) is 5.58. The molecule has 2 rings (SSSR count). The van der Waals surface area contributed by atoms with Crippen molar-refractivity contribution in [3.63, 3.8) is 0 Å². The Morgan fingerprint density at radius 3 is 2.71 bits per heavy atom. The monoisotopic (exact) mass is 229 g/mol. The lowest BCUT2D eigenvalue weighted by atomic mass is 10.1. The van der Waals surface area contributed by atoms with E-state index in [9.17, 15) is 0 Å². The van der Waals surface area contributed by atoms with Crippen LogP contribution in [0.25, 0.3) is 21.5 Å². The van der Waals surface area contributed by atoms with E-state index in [0.29, 0.717) is 11.7 Å². The normalized spacial score (nSPS) is 10.9. The van der Waals surface area contributed by atoms with Crippen LogP contribution in [0.1, 0.15) is 31.0 Å². The standard InChI is InChI=1S/C12H15N5/c1-7(2)17-6-14-12-10(17)5-8(3)9(4)11(12)15-16-13/h5-7H,1-4H3. The summed E-state index contributed by atoms with van der Waals surface area (Å²) in [5.74, 6) is 0. The van der Waals surface area contributed by atoms with Gasteiger partial charge in [-0.15, -0.1) is 0 Å². The van der Waals surface area contributed by atoms with Crippen LogP contribution in [0.4, 0.5) is 5.69 Å². The average Bonchev–Trinajstić information content (AvgIpc) is 2.68. The maximum Gasteiger partial charge on any atom is 0.0983 e. The van der Waals surface area contributed by atoms with Crippen LogP contribution in [0.3, 0.4) is 0 Å². The number of imidazole rings is 1. The zero-order chi connectivity index (χ0) is 12.6. The van der Waals surface area contributed by atoms with Crippen molar-refractivity contribution in [2.45, 2.75) is 33.7 Å². The molecule has 0 amide bonds. The molecule has 2 aromatic rings. The third-order valence-corrected chi connectivity index (χ3v) is 3.06. The highest BCUT2D eigenvalue weighted by Crippen LogP contribution is 2.32. The van der Waals surface area contributed by atoms with Crippen LogP contribution >= 0.6 is 0 Å². The Hall–Kier alpha value is -2.00. The Kier molecular flexibility index (Phi) is 2.77. The summed E-state index contributed by atoms with van der Waals surface area (Å²) >= 11 is 0. The minimum Gasteiger partial charge on any atom is -0.328 e. The average molecular weight is 229 g/mol. The summed E-state index contributed by atoms with van der Waals surface area (Å²) in [6.45, 7) is 8.17. The van der Waals surface area contributed by atoms with Crippen molar-refractivity contribution in [2.24, 2.45) is 5.11 Å². The van der Waals surface area contributed by atoms with Gasteiger partial charge < -0.3 is 4.57 Å². The molecule has 1 aromatic heterocycles. The Morgan fingerprint density at radius 2 is 2.12 bits per heavy atom. The smallest absolute Gasteiger partial charge is 0.0983 e. The van der Waals surface area contributed by atoms with Crippen LogP contribution in [0.15, 0.2) is 17.5 Å². The van der Waals surface area contributed by atoms with Crippen molar-refractivity contribution in [3.05, 3.63) is 34.0 Å². The summed E-state index contributed by atoms with van der Waals surface area (Å²) in [6, 6.07) is 2.43. The van der Waals surface area contributed by atoms with E-state index in [1.165, 1.54) is 0 Å². The van der Waals surface area contributed by atoms with Gasteiger partial charge in [0.1, 0.15) is 0 Å². The molecule has 0 atom stereocenters. The lowest BCUT2D eigenvalue weighted by Crippen LogP contribution is -1.98. The van der Waals surface area contributed by atoms with Crippen molar-refractivity contribution < 1.29 is 0 Å². The van der Waals surface area contributed by atoms with Gasteiger partial charge in [0, 0.05) is 11.0 Å². The first-order valence-corrected chi connectivity index (χ1v) is 5.58. The Morgan fingerprint density at radius 1 is 1.41 bits per heavy atom. The maximum absolute atomic E-state index is 8.63. The maximum atomic E-state index is 8.63. The molecule has 0 N–H and O–H groups in total. The number of hydrogen-bond donors (Lipinski definition) is 0. The van der Waals surface area contributed by atoms with E-state index in [4.69, 9.17) is 5.53 Å². The number of hydrogen-bond acceptors (Lipinski definition) is 2. The van der Waals surface area contributed by atoms with Gasteiger partial charge in [0.05, 0.1) is 23.0 Å². The summed E-state index contributed by atoms with van der Waals surface area (Å²) in [4.78, 5) is 7.25. The molecular formula is C12H15N5. The molecular weight excluding hydrogens is 214 g/mol. The van der Waals surface area contributed by atoms with E-state index in [1.807, 2.05) is 13.8 Å². The Bertz CT molecular complexity index is 617. The third-order valence-electron chi connectivity index (χ3n) is 3.06. The van der Waals surface area contributed by atoms with Gasteiger partial charge in [-0.2, -0.15) is 0 Å². The third kappa shape index (κ3) is 1.74. The minimum atomic E-state index is 0.334. The van der Waals surface area contributed by atoms with Crippen LogP contribution in [-0.4, -0.2) is 9.55 Å². The molecule has 0 bridgehead atoms. The molecule has 1 heterocycles. The van der Waals surface area contributed by atoms with Gasteiger partial charge in [-0.25, -0.2) is 4.98 Å². The Labute approximate surface area is 99.7 Å². The van der Waals surface area contributed by atoms with Gasteiger partial charge in [-0.05, 0) is 50.4 Å². The van der Waals surface area contributed by atoms with Gasteiger partial charge in [-0.3, -0.25) is 0 Å². The molecule has 17 heavy (non-hydrogen) atoms. The highest BCUT2D eigenvalue weighted by molar-refractivity contribution is 5.89. The fourth-order valence-corrected chi connectivity index (χ4v) is 1.95. The largest absolute Gasteiger partial charge is 0.328 e. The quantitative estimate of drug-likeness (QED) is 0.432. The highest BCUT2D eigenvalue weighted by atomic mass is 15.1. The predicted octanol–water partition coefficient (Wildman–Crippen LogP) is 4.18. The molecule has 5 heteroatoms. The molecule has 88 valence electrons. The van der Waals surface area contributed by atoms with Gasteiger partial charge in [0.2, 0.25) is 0 Å². The summed E-state index contributed by atoms with van der Waals surface area (Å²) in [5.41, 5.74) is 13.2. The molecule has 0 unspecified atom stereocenters. The molecule has 0 saturated carbocycles. The molecule has 5 nitrogen and oxygen atoms in total. The fraction of sp³-hybridized carbons (Fsp3) is 0.417. The van der Waals surface area contributed by atoms with Gasteiger partial charge in [-0.1, -0.05) is 5.11 Å². The number of rotatable bonds is 2. The molecule has 0 aliphatic heterocycles. The minimum absolute atomic E-state index is 0.334. The number of fused-ring (bicyclic) bond motifs is 1. The second kappa shape index (κ2) is 4.11. The van der Waals surface area contributed by atoms with Crippen LogP contribution in [0, 0.1) is 13.8 Å². The number of azide groups is 1. The number of nitrogens with zero attached hydrogens (tertiary/aromatic N) is 5. The van der Waals surface area contributed by atoms with Crippen LogP contribution < -0.4 is 0 Å². The second-order valence-electron chi connectivity index (χ2n) is 4.47. The van der Waals surface area contributed by atoms with E-state index < -0.39 is 0 Å². The van der Waals surface area contributed by atoms with Gasteiger partial charge >= 0.3 is 0 Å². The SMILES string of the molecule is Cc1cc2c(ncn2C(C)C)c(N=[N+]=[N-])c1C. The van der Waals surface area contributed by atoms with Crippen molar-refractivity contribution >= 4 is 16.7 Å². The molecule has 1 aromatic carbocycles. The summed E-state index contributed by atoms with van der Waals surface area (Å²) in [7, 11) is 0. The highest BCUT2D eigenvalue weighted by Gasteiger charge is 2.12. The van der Waals surface area contributed by atoms with E-state index in [-0.39, 0.29) is 0 Å². The molecule has 0 spiro atoms. The number of aromatic nitrogens is 2. The lowest BCUT2D eigenvalue weighted by Gasteiger charge is -2.10. The van der Waals surface area contributed by atoms with E-state index in [2.05, 4.69) is 39.5 Å². The van der Waals surface area contributed by atoms with E-state index in [1.54, 1.807) is 6.33 Å². The van der Waals surface area contributed by atoms with Crippen LogP contribution in [0.2, 0.25) is 0 Å². The second-order valence-corrected chi connectivity index (χ2v) is 4.47. The summed E-state index contributed by atoms with van der Waals surface area (Å²) < 4.78 is 2.08. The van der Waals surface area contributed by atoms with Crippen LogP contribution in [0.5, 0.6) is 0 Å².